The molecule has 0 atom stereocenters. The van der Waals surface area contributed by atoms with Crippen molar-refractivity contribution in [1.82, 2.24) is 9.55 Å². The zero-order valence-corrected chi connectivity index (χ0v) is 41.5. The van der Waals surface area contributed by atoms with Gasteiger partial charge in [0.2, 0.25) is 0 Å². The molecule has 0 N–H and O–H groups in total. The molecule has 0 bridgehead atoms. The SMILES string of the molecule is CC(C)(C)c1cc(-c2ccccc2)cc(N2[CH-]N(c3[c-]c(Oc4[c-]c5c(cc4)c4ccccc4n5-c4cc(C(C)(C)C)ccn4)ccc3)c3cc(C(C)(C)c4ccccc4)ccc32)c1.[CH3-].[Pt+4]. The second-order valence-electron chi connectivity index (χ2n) is 19.5. The summed E-state index contributed by atoms with van der Waals surface area (Å²) >= 11 is 0. The van der Waals surface area contributed by atoms with Crippen LogP contribution < -0.4 is 14.5 Å². The molecule has 2 aromatic heterocycles. The van der Waals surface area contributed by atoms with Gasteiger partial charge in [-0.05, 0) is 92.1 Å². The standard InChI is InChI=1S/C59H53N4O.CH3.Pt/c1-57(2,3)43-30-31-60-56(36-43)63-52-25-16-15-24-50(52)51-28-27-49(38-54(51)63)64-48-23-17-22-46(37-48)61-39-62(47-33-41(40-18-11-9-12-19-40)32-45(34-47)58(4,5)6)53-29-26-44(35-55(53)61)59(7,8)42-20-13-10-14-21-42;;/h9-36,39H,1-8H3;1H3;/q-3;-1;+4. The number of ether oxygens (including phenoxy) is 1. The molecule has 0 saturated heterocycles. The van der Waals surface area contributed by atoms with E-state index in [9.17, 15) is 0 Å². The number of nitrogens with zero attached hydrogens (tertiary/aromatic N) is 4. The first kappa shape index (κ1) is 46.1. The molecule has 66 heavy (non-hydrogen) atoms. The normalized spacial score (nSPS) is 12.8. The van der Waals surface area contributed by atoms with Crippen LogP contribution in [0, 0.1) is 26.2 Å². The van der Waals surface area contributed by atoms with Gasteiger partial charge >= 0.3 is 21.1 Å². The Labute approximate surface area is 406 Å². The van der Waals surface area contributed by atoms with Crippen LogP contribution in [0.4, 0.5) is 22.7 Å². The fourth-order valence-corrected chi connectivity index (χ4v) is 8.88. The van der Waals surface area contributed by atoms with Crippen molar-refractivity contribution in [3.8, 4) is 28.4 Å². The van der Waals surface area contributed by atoms with Crippen molar-refractivity contribution in [2.24, 2.45) is 0 Å². The van der Waals surface area contributed by atoms with Gasteiger partial charge in [-0.1, -0.05) is 152 Å². The second-order valence-corrected chi connectivity index (χ2v) is 19.5. The fourth-order valence-electron chi connectivity index (χ4n) is 8.88. The predicted molar refractivity (Wildman–Crippen MR) is 272 cm³/mol. The molecule has 9 aromatic rings. The summed E-state index contributed by atoms with van der Waals surface area (Å²) in [7, 11) is 0. The molecule has 0 fully saturated rings. The van der Waals surface area contributed by atoms with Crippen LogP contribution in [0.2, 0.25) is 0 Å². The summed E-state index contributed by atoms with van der Waals surface area (Å²) in [6, 6.07) is 65.6. The quantitative estimate of drug-likeness (QED) is 0.142. The molecule has 10 rings (SSSR count). The monoisotopic (exact) mass is 1040 g/mol. The topological polar surface area (TPSA) is 33.5 Å². The van der Waals surface area contributed by atoms with Gasteiger partial charge in [0, 0.05) is 45.7 Å². The van der Waals surface area contributed by atoms with Gasteiger partial charge in [0.25, 0.3) is 0 Å². The number of fused-ring (bicyclic) bond motifs is 4. The molecule has 3 heterocycles. The van der Waals surface area contributed by atoms with Gasteiger partial charge in [-0.2, -0.15) is 12.1 Å². The van der Waals surface area contributed by atoms with E-state index in [1.54, 1.807) is 0 Å². The van der Waals surface area contributed by atoms with Crippen molar-refractivity contribution in [3.63, 3.8) is 0 Å². The van der Waals surface area contributed by atoms with Crippen LogP contribution in [0.1, 0.15) is 77.6 Å². The molecular formula is C60H56N4OPt. The molecule has 0 saturated carbocycles. The minimum absolute atomic E-state index is 0. The number of benzene rings is 7. The average molecular weight is 1040 g/mol. The van der Waals surface area contributed by atoms with Crippen molar-refractivity contribution in [1.29, 1.82) is 0 Å². The number of para-hydroxylation sites is 1. The minimum Gasteiger partial charge on any atom is -0.509 e. The summed E-state index contributed by atoms with van der Waals surface area (Å²) in [5, 5.41) is 2.23. The molecule has 1 aliphatic rings. The maximum atomic E-state index is 6.71. The minimum atomic E-state index is -0.239. The molecule has 0 aliphatic carbocycles. The molecule has 0 spiro atoms. The summed E-state index contributed by atoms with van der Waals surface area (Å²) in [4.78, 5) is 9.44. The van der Waals surface area contributed by atoms with E-state index >= 15 is 0 Å². The Kier molecular flexibility index (Phi) is 12.4. The number of pyridine rings is 1. The number of anilines is 4. The summed E-state index contributed by atoms with van der Waals surface area (Å²) in [6.07, 6.45) is 1.90. The Morgan fingerprint density at radius 3 is 1.95 bits per heavy atom. The van der Waals surface area contributed by atoms with E-state index in [4.69, 9.17) is 9.72 Å². The summed E-state index contributed by atoms with van der Waals surface area (Å²) in [6.45, 7) is 20.3. The largest absolute Gasteiger partial charge is 4.00 e. The zero-order chi connectivity index (χ0) is 44.4. The summed E-state index contributed by atoms with van der Waals surface area (Å²) in [5.41, 5.74) is 13.1. The van der Waals surface area contributed by atoms with Gasteiger partial charge in [0.05, 0.1) is 0 Å². The number of hydrogen-bond donors (Lipinski definition) is 0. The maximum Gasteiger partial charge on any atom is 4.00 e. The van der Waals surface area contributed by atoms with Crippen molar-refractivity contribution < 1.29 is 25.8 Å². The third-order valence-corrected chi connectivity index (χ3v) is 12.7. The third-order valence-electron chi connectivity index (χ3n) is 12.7. The van der Waals surface area contributed by atoms with Gasteiger partial charge in [-0.3, -0.25) is 0 Å². The van der Waals surface area contributed by atoms with E-state index in [1.807, 2.05) is 24.4 Å². The van der Waals surface area contributed by atoms with E-state index in [1.165, 1.54) is 33.4 Å². The van der Waals surface area contributed by atoms with Gasteiger partial charge in [-0.15, -0.1) is 48.1 Å². The summed E-state index contributed by atoms with van der Waals surface area (Å²) < 4.78 is 8.90. The van der Waals surface area contributed by atoms with Crippen LogP contribution in [0.3, 0.4) is 0 Å². The Balaban J connectivity index is 0.00000296. The van der Waals surface area contributed by atoms with Crippen LogP contribution in [0.5, 0.6) is 11.5 Å². The number of hydrogen-bond acceptors (Lipinski definition) is 4. The summed E-state index contributed by atoms with van der Waals surface area (Å²) in [5.74, 6) is 2.05. The molecule has 6 heteroatoms. The van der Waals surface area contributed by atoms with E-state index in [0.29, 0.717) is 11.5 Å². The van der Waals surface area contributed by atoms with Crippen LogP contribution in [-0.4, -0.2) is 9.55 Å². The Hall–Kier alpha value is -6.42. The average Bonchev–Trinajstić information content (AvgIpc) is 3.85. The van der Waals surface area contributed by atoms with Crippen molar-refractivity contribution in [2.75, 3.05) is 9.80 Å². The molecule has 1 aliphatic heterocycles. The molecule has 332 valence electrons. The van der Waals surface area contributed by atoms with Gasteiger partial charge < -0.3 is 26.5 Å². The van der Waals surface area contributed by atoms with E-state index in [-0.39, 0.29) is 44.7 Å². The van der Waals surface area contributed by atoms with Gasteiger partial charge in [-0.25, -0.2) is 4.98 Å². The van der Waals surface area contributed by atoms with Crippen LogP contribution in [-0.2, 0) is 37.3 Å². The first-order chi connectivity index (χ1) is 30.7. The molecule has 0 amide bonds. The second kappa shape index (κ2) is 17.8. The van der Waals surface area contributed by atoms with Crippen molar-refractivity contribution >= 4 is 44.6 Å². The van der Waals surface area contributed by atoms with Crippen LogP contribution >= 0.6 is 0 Å². The van der Waals surface area contributed by atoms with Gasteiger partial charge in [0.15, 0.2) is 0 Å². The van der Waals surface area contributed by atoms with E-state index < -0.39 is 0 Å². The van der Waals surface area contributed by atoms with E-state index in [2.05, 4.69) is 234 Å². The maximum absolute atomic E-state index is 6.71. The first-order valence-electron chi connectivity index (χ1n) is 22.2. The molecule has 0 radical (unpaired) electrons. The fraction of sp³-hybridized carbons (Fsp3) is 0.183. The van der Waals surface area contributed by atoms with Crippen molar-refractivity contribution in [3.05, 3.63) is 218 Å². The molecule has 5 nitrogen and oxygen atoms in total. The third kappa shape index (κ3) is 8.58. The van der Waals surface area contributed by atoms with Crippen LogP contribution in [0.15, 0.2) is 170 Å². The zero-order valence-electron chi connectivity index (χ0n) is 39.3. The number of rotatable bonds is 8. The van der Waals surface area contributed by atoms with Crippen molar-refractivity contribution in [2.45, 2.75) is 71.6 Å². The number of aromatic nitrogens is 2. The smallest absolute Gasteiger partial charge is 0.509 e. The van der Waals surface area contributed by atoms with Gasteiger partial charge in [0.1, 0.15) is 5.82 Å². The molecule has 0 unspecified atom stereocenters. The first-order valence-corrected chi connectivity index (χ1v) is 22.2. The molecule has 7 aromatic carbocycles. The predicted octanol–water partition coefficient (Wildman–Crippen LogP) is 16.0. The Morgan fingerprint density at radius 1 is 0.515 bits per heavy atom. The van der Waals surface area contributed by atoms with E-state index in [0.717, 1.165) is 50.4 Å². The molecular weight excluding hydrogens is 988 g/mol. The Bertz CT molecular complexity index is 3180. The van der Waals surface area contributed by atoms with Crippen LogP contribution in [0.25, 0.3) is 38.8 Å². The Morgan fingerprint density at radius 2 is 1.21 bits per heavy atom.